The standard InChI is InChI=1S/C14H22O4/c1-10(15)12-6-5-11(17-4)9-13(12)18-8-7-14(2,3)16/h5-6,9-10,15-16H,7-8H2,1-4H3. The molecule has 1 aromatic rings. The molecule has 0 radical (unpaired) electrons. The van der Waals surface area contributed by atoms with Gasteiger partial charge in [0.05, 0.1) is 25.4 Å². The Bertz CT molecular complexity index is 380. The van der Waals surface area contributed by atoms with E-state index in [0.29, 0.717) is 30.1 Å². The molecule has 4 nitrogen and oxygen atoms in total. The fraction of sp³-hybridized carbons (Fsp3) is 0.571. The fourth-order valence-corrected chi connectivity index (χ4v) is 1.52. The molecule has 0 saturated carbocycles. The molecule has 102 valence electrons. The molecule has 0 saturated heterocycles. The monoisotopic (exact) mass is 254 g/mol. The molecule has 0 fully saturated rings. The average molecular weight is 254 g/mol. The van der Waals surface area contributed by atoms with Crippen molar-refractivity contribution in [2.45, 2.75) is 38.9 Å². The quantitative estimate of drug-likeness (QED) is 0.817. The first kappa shape index (κ1) is 14.8. The van der Waals surface area contributed by atoms with Gasteiger partial charge in [-0.3, -0.25) is 0 Å². The van der Waals surface area contributed by atoms with Crippen LogP contribution in [0.3, 0.4) is 0 Å². The Kier molecular flexibility index (Phi) is 4.99. The second-order valence-electron chi connectivity index (χ2n) is 4.99. The molecule has 0 aliphatic carbocycles. The van der Waals surface area contributed by atoms with Crippen molar-refractivity contribution in [2.75, 3.05) is 13.7 Å². The van der Waals surface area contributed by atoms with Crippen LogP contribution in [0.1, 0.15) is 38.9 Å². The second kappa shape index (κ2) is 6.07. The summed E-state index contributed by atoms with van der Waals surface area (Å²) in [5.41, 5.74) is -0.0457. The molecule has 0 heterocycles. The van der Waals surface area contributed by atoms with Gasteiger partial charge in [-0.2, -0.15) is 0 Å². The third-order valence-electron chi connectivity index (χ3n) is 2.64. The lowest BCUT2D eigenvalue weighted by atomic mass is 10.1. The first-order chi connectivity index (χ1) is 8.33. The van der Waals surface area contributed by atoms with E-state index >= 15 is 0 Å². The van der Waals surface area contributed by atoms with E-state index in [4.69, 9.17) is 9.47 Å². The topological polar surface area (TPSA) is 58.9 Å². The summed E-state index contributed by atoms with van der Waals surface area (Å²) in [6.07, 6.45) is -0.0863. The molecule has 0 amide bonds. The zero-order valence-electron chi connectivity index (χ0n) is 11.4. The summed E-state index contributed by atoms with van der Waals surface area (Å²) in [4.78, 5) is 0. The van der Waals surface area contributed by atoms with Crippen LogP contribution in [0.4, 0.5) is 0 Å². The second-order valence-corrected chi connectivity index (χ2v) is 4.99. The summed E-state index contributed by atoms with van der Waals surface area (Å²) in [5.74, 6) is 1.27. The van der Waals surface area contributed by atoms with E-state index in [1.165, 1.54) is 0 Å². The van der Waals surface area contributed by atoms with Gasteiger partial charge in [0.1, 0.15) is 11.5 Å². The highest BCUT2D eigenvalue weighted by Crippen LogP contribution is 2.29. The van der Waals surface area contributed by atoms with Gasteiger partial charge >= 0.3 is 0 Å². The molecular formula is C14H22O4. The number of rotatable bonds is 6. The molecule has 2 N–H and O–H groups in total. The van der Waals surface area contributed by atoms with Gasteiger partial charge in [0, 0.05) is 18.1 Å². The van der Waals surface area contributed by atoms with Gasteiger partial charge in [-0.15, -0.1) is 0 Å². The highest BCUT2D eigenvalue weighted by Gasteiger charge is 2.14. The molecule has 1 unspecified atom stereocenters. The predicted octanol–water partition coefficient (Wildman–Crippen LogP) is 2.29. The molecule has 0 bridgehead atoms. The van der Waals surface area contributed by atoms with E-state index < -0.39 is 11.7 Å². The van der Waals surface area contributed by atoms with Crippen LogP contribution in [0, 0.1) is 0 Å². The molecule has 0 aromatic heterocycles. The average Bonchev–Trinajstić information content (AvgIpc) is 2.26. The Labute approximate surface area is 108 Å². The van der Waals surface area contributed by atoms with Crippen LogP contribution in [-0.2, 0) is 0 Å². The fourth-order valence-electron chi connectivity index (χ4n) is 1.52. The Morgan fingerprint density at radius 3 is 2.50 bits per heavy atom. The van der Waals surface area contributed by atoms with Crippen LogP contribution in [0.5, 0.6) is 11.5 Å². The van der Waals surface area contributed by atoms with Crippen molar-refractivity contribution >= 4 is 0 Å². The Hall–Kier alpha value is -1.26. The SMILES string of the molecule is COc1ccc(C(C)O)c(OCCC(C)(C)O)c1. The van der Waals surface area contributed by atoms with Crippen LogP contribution in [0.2, 0.25) is 0 Å². The van der Waals surface area contributed by atoms with Crippen molar-refractivity contribution in [1.82, 2.24) is 0 Å². The van der Waals surface area contributed by atoms with Crippen LogP contribution in [0.25, 0.3) is 0 Å². The molecule has 0 aliphatic heterocycles. The Balaban J connectivity index is 2.78. The molecular weight excluding hydrogens is 232 g/mol. The number of aliphatic hydroxyl groups excluding tert-OH is 1. The van der Waals surface area contributed by atoms with Crippen molar-refractivity contribution in [1.29, 1.82) is 0 Å². The van der Waals surface area contributed by atoms with Gasteiger partial charge in [0.25, 0.3) is 0 Å². The van der Waals surface area contributed by atoms with Crippen molar-refractivity contribution in [3.8, 4) is 11.5 Å². The number of aliphatic hydroxyl groups is 2. The molecule has 4 heteroatoms. The van der Waals surface area contributed by atoms with Crippen LogP contribution in [-0.4, -0.2) is 29.5 Å². The highest BCUT2D eigenvalue weighted by molar-refractivity contribution is 5.41. The molecule has 1 atom stereocenters. The molecule has 1 rings (SSSR count). The highest BCUT2D eigenvalue weighted by atomic mass is 16.5. The minimum Gasteiger partial charge on any atom is -0.497 e. The number of hydrogen-bond acceptors (Lipinski definition) is 4. The van der Waals surface area contributed by atoms with E-state index in [2.05, 4.69) is 0 Å². The van der Waals surface area contributed by atoms with Gasteiger partial charge in [-0.05, 0) is 32.9 Å². The van der Waals surface area contributed by atoms with E-state index in [9.17, 15) is 10.2 Å². The molecule has 0 aliphatic rings. The maximum absolute atomic E-state index is 9.66. The summed E-state index contributed by atoms with van der Waals surface area (Å²) in [6, 6.07) is 5.31. The van der Waals surface area contributed by atoms with Crippen molar-refractivity contribution < 1.29 is 19.7 Å². The van der Waals surface area contributed by atoms with E-state index in [0.717, 1.165) is 0 Å². The number of ether oxygens (including phenoxy) is 2. The van der Waals surface area contributed by atoms with E-state index in [1.54, 1.807) is 46.1 Å². The number of benzene rings is 1. The van der Waals surface area contributed by atoms with Gasteiger partial charge in [-0.1, -0.05) is 0 Å². The number of methoxy groups -OCH3 is 1. The first-order valence-corrected chi connectivity index (χ1v) is 6.04. The molecule has 1 aromatic carbocycles. The zero-order valence-corrected chi connectivity index (χ0v) is 11.4. The van der Waals surface area contributed by atoms with Gasteiger partial charge in [-0.25, -0.2) is 0 Å². The lowest BCUT2D eigenvalue weighted by molar-refractivity contribution is 0.0548. The largest absolute Gasteiger partial charge is 0.497 e. The lowest BCUT2D eigenvalue weighted by Crippen LogP contribution is -2.22. The molecule has 0 spiro atoms. The van der Waals surface area contributed by atoms with Gasteiger partial charge in [0.2, 0.25) is 0 Å². The minimum atomic E-state index is -0.760. The number of hydrogen-bond donors (Lipinski definition) is 2. The van der Waals surface area contributed by atoms with Crippen LogP contribution in [0.15, 0.2) is 18.2 Å². The predicted molar refractivity (Wildman–Crippen MR) is 70.0 cm³/mol. The maximum atomic E-state index is 9.66. The zero-order chi connectivity index (χ0) is 13.8. The first-order valence-electron chi connectivity index (χ1n) is 6.04. The molecule has 18 heavy (non-hydrogen) atoms. The summed E-state index contributed by atoms with van der Waals surface area (Å²) in [6.45, 7) is 5.54. The third kappa shape index (κ3) is 4.55. The third-order valence-corrected chi connectivity index (χ3v) is 2.64. The van der Waals surface area contributed by atoms with Crippen LogP contribution < -0.4 is 9.47 Å². The maximum Gasteiger partial charge on any atom is 0.128 e. The summed E-state index contributed by atoms with van der Waals surface area (Å²) in [7, 11) is 1.58. The van der Waals surface area contributed by atoms with Crippen LogP contribution >= 0.6 is 0 Å². The minimum absolute atomic E-state index is 0.385. The van der Waals surface area contributed by atoms with E-state index in [-0.39, 0.29) is 0 Å². The van der Waals surface area contributed by atoms with Crippen molar-refractivity contribution in [2.24, 2.45) is 0 Å². The Morgan fingerprint density at radius 1 is 1.33 bits per heavy atom. The summed E-state index contributed by atoms with van der Waals surface area (Å²) in [5, 5.41) is 19.3. The lowest BCUT2D eigenvalue weighted by Gasteiger charge is -2.19. The summed E-state index contributed by atoms with van der Waals surface area (Å²) < 4.78 is 10.7. The van der Waals surface area contributed by atoms with Crippen molar-refractivity contribution in [3.63, 3.8) is 0 Å². The van der Waals surface area contributed by atoms with Crippen molar-refractivity contribution in [3.05, 3.63) is 23.8 Å². The van der Waals surface area contributed by atoms with Gasteiger partial charge < -0.3 is 19.7 Å². The smallest absolute Gasteiger partial charge is 0.128 e. The normalized spacial score (nSPS) is 13.2. The van der Waals surface area contributed by atoms with Gasteiger partial charge in [0.15, 0.2) is 0 Å². The Morgan fingerprint density at radius 2 is 2.00 bits per heavy atom. The summed E-state index contributed by atoms with van der Waals surface area (Å²) >= 11 is 0. The van der Waals surface area contributed by atoms with E-state index in [1.807, 2.05) is 0 Å².